The molecule has 0 spiro atoms. The highest BCUT2D eigenvalue weighted by Gasteiger charge is 2.27. The lowest BCUT2D eigenvalue weighted by Crippen LogP contribution is -2.23. The Hall–Kier alpha value is -2.24. The molecule has 2 aliphatic rings. The molecule has 0 bridgehead atoms. The molecule has 2 aliphatic carbocycles. The summed E-state index contributed by atoms with van der Waals surface area (Å²) in [5.41, 5.74) is 1.20. The predicted octanol–water partition coefficient (Wildman–Crippen LogP) is 5.12. The van der Waals surface area contributed by atoms with E-state index in [9.17, 15) is 8.78 Å². The Bertz CT molecular complexity index is 755. The fourth-order valence-electron chi connectivity index (χ4n) is 3.34. The Balaban J connectivity index is 1.57. The molecule has 25 heavy (non-hydrogen) atoms. The number of halogens is 2. The summed E-state index contributed by atoms with van der Waals surface area (Å²) >= 11 is 0. The van der Waals surface area contributed by atoms with Gasteiger partial charge in [-0.2, -0.15) is 4.98 Å². The van der Waals surface area contributed by atoms with Crippen molar-refractivity contribution in [1.29, 1.82) is 0 Å². The van der Waals surface area contributed by atoms with Crippen LogP contribution in [0, 0.1) is 11.6 Å². The van der Waals surface area contributed by atoms with Crippen molar-refractivity contribution in [3.8, 4) is 0 Å². The molecule has 1 aromatic heterocycles. The van der Waals surface area contributed by atoms with Gasteiger partial charge in [0.25, 0.3) is 0 Å². The van der Waals surface area contributed by atoms with E-state index in [0.717, 1.165) is 37.4 Å². The average molecular weight is 344 g/mol. The third-order valence-electron chi connectivity index (χ3n) is 4.87. The molecule has 1 heterocycles. The third-order valence-corrected chi connectivity index (χ3v) is 4.87. The summed E-state index contributed by atoms with van der Waals surface area (Å²) in [6.45, 7) is 0. The van der Waals surface area contributed by atoms with Gasteiger partial charge < -0.3 is 10.6 Å². The molecular weight excluding hydrogens is 322 g/mol. The van der Waals surface area contributed by atoms with Gasteiger partial charge in [-0.25, -0.2) is 13.8 Å². The van der Waals surface area contributed by atoms with Gasteiger partial charge in [-0.1, -0.05) is 19.3 Å². The van der Waals surface area contributed by atoms with Crippen LogP contribution in [0.4, 0.5) is 26.2 Å². The number of nitrogens with one attached hydrogen (secondary N) is 2. The van der Waals surface area contributed by atoms with E-state index in [-0.39, 0.29) is 5.69 Å². The van der Waals surface area contributed by atoms with Crippen molar-refractivity contribution in [2.24, 2.45) is 0 Å². The topological polar surface area (TPSA) is 49.8 Å². The summed E-state index contributed by atoms with van der Waals surface area (Å²) < 4.78 is 27.0. The molecule has 0 aliphatic heterocycles. The maximum atomic E-state index is 13.9. The zero-order chi connectivity index (χ0) is 17.2. The number of hydrogen-bond acceptors (Lipinski definition) is 4. The smallest absolute Gasteiger partial charge is 0.225 e. The van der Waals surface area contributed by atoms with Crippen LogP contribution in [-0.2, 0) is 0 Å². The summed E-state index contributed by atoms with van der Waals surface area (Å²) in [5.74, 6) is 0.382. The molecule has 6 heteroatoms. The molecule has 0 unspecified atom stereocenters. The van der Waals surface area contributed by atoms with Crippen LogP contribution in [-0.4, -0.2) is 16.0 Å². The first-order valence-corrected chi connectivity index (χ1v) is 9.05. The van der Waals surface area contributed by atoms with E-state index in [0.29, 0.717) is 23.7 Å². The largest absolute Gasteiger partial charge is 0.351 e. The first-order chi connectivity index (χ1) is 12.2. The van der Waals surface area contributed by atoms with Gasteiger partial charge in [-0.3, -0.25) is 0 Å². The van der Waals surface area contributed by atoms with Crippen molar-refractivity contribution in [2.75, 3.05) is 10.6 Å². The maximum Gasteiger partial charge on any atom is 0.225 e. The van der Waals surface area contributed by atoms with E-state index in [1.54, 1.807) is 0 Å². The first-order valence-electron chi connectivity index (χ1n) is 9.05. The van der Waals surface area contributed by atoms with Crippen molar-refractivity contribution in [2.45, 2.75) is 56.9 Å². The van der Waals surface area contributed by atoms with Gasteiger partial charge >= 0.3 is 0 Å². The number of rotatable bonds is 5. The quantitative estimate of drug-likeness (QED) is 0.790. The van der Waals surface area contributed by atoms with Gasteiger partial charge in [-0.05, 0) is 37.8 Å². The Morgan fingerprint density at radius 3 is 2.44 bits per heavy atom. The second-order valence-corrected chi connectivity index (χ2v) is 7.00. The fraction of sp³-hybridized carbons (Fsp3) is 0.474. The van der Waals surface area contributed by atoms with Gasteiger partial charge in [0.15, 0.2) is 0 Å². The summed E-state index contributed by atoms with van der Waals surface area (Å²) in [6.07, 6.45) is 8.27. The first kappa shape index (κ1) is 16.2. The monoisotopic (exact) mass is 344 g/mol. The van der Waals surface area contributed by atoms with Crippen molar-refractivity contribution in [1.82, 2.24) is 9.97 Å². The molecule has 1 aromatic carbocycles. The highest BCUT2D eigenvalue weighted by molar-refractivity contribution is 5.58. The zero-order valence-corrected chi connectivity index (χ0v) is 14.1. The normalized spacial score (nSPS) is 18.2. The van der Waals surface area contributed by atoms with E-state index in [1.165, 1.54) is 31.4 Å². The van der Waals surface area contributed by atoms with Crippen molar-refractivity contribution >= 4 is 17.5 Å². The van der Waals surface area contributed by atoms with E-state index in [4.69, 9.17) is 0 Å². The number of benzene rings is 1. The van der Waals surface area contributed by atoms with Crippen LogP contribution in [0.5, 0.6) is 0 Å². The fourth-order valence-corrected chi connectivity index (χ4v) is 3.34. The second-order valence-electron chi connectivity index (χ2n) is 7.00. The number of hydrogen-bond donors (Lipinski definition) is 2. The molecule has 2 saturated carbocycles. The maximum absolute atomic E-state index is 13.9. The standard InChI is InChI=1S/C19H22F2N4/c20-13-8-9-16(15(21)10-13)23-18-11-17(12-6-7-12)24-19(25-18)22-14-4-2-1-3-5-14/h8-12,14H,1-7H2,(H2,22,23,24,25). The minimum Gasteiger partial charge on any atom is -0.351 e. The summed E-state index contributed by atoms with van der Waals surface area (Å²) in [7, 11) is 0. The molecule has 0 saturated heterocycles. The lowest BCUT2D eigenvalue weighted by molar-refractivity contribution is 0.460. The Morgan fingerprint density at radius 1 is 0.920 bits per heavy atom. The van der Waals surface area contributed by atoms with Gasteiger partial charge in [0.05, 0.1) is 11.4 Å². The minimum atomic E-state index is -0.631. The van der Waals surface area contributed by atoms with Gasteiger partial charge in [0.1, 0.15) is 17.5 Å². The van der Waals surface area contributed by atoms with Crippen molar-refractivity contribution in [3.05, 3.63) is 41.6 Å². The highest BCUT2D eigenvalue weighted by atomic mass is 19.1. The minimum absolute atomic E-state index is 0.213. The van der Waals surface area contributed by atoms with Crippen molar-refractivity contribution < 1.29 is 8.78 Å². The average Bonchev–Trinajstić information content (AvgIpc) is 3.43. The van der Waals surface area contributed by atoms with Crippen LogP contribution in [0.1, 0.15) is 56.6 Å². The summed E-state index contributed by atoms with van der Waals surface area (Å²) in [5, 5.41) is 6.41. The van der Waals surface area contributed by atoms with Crippen LogP contribution in [0.15, 0.2) is 24.3 Å². The molecule has 4 nitrogen and oxygen atoms in total. The second kappa shape index (κ2) is 6.94. The van der Waals surface area contributed by atoms with E-state index in [1.807, 2.05) is 6.07 Å². The Morgan fingerprint density at radius 2 is 1.72 bits per heavy atom. The van der Waals surface area contributed by atoms with Gasteiger partial charge in [0.2, 0.25) is 5.95 Å². The lowest BCUT2D eigenvalue weighted by atomic mass is 9.96. The number of aromatic nitrogens is 2. The highest BCUT2D eigenvalue weighted by Crippen LogP contribution is 2.40. The number of nitrogens with zero attached hydrogens (tertiary/aromatic N) is 2. The van der Waals surface area contributed by atoms with Crippen LogP contribution < -0.4 is 10.6 Å². The van der Waals surface area contributed by atoms with Crippen LogP contribution in [0.3, 0.4) is 0 Å². The van der Waals surface area contributed by atoms with Crippen LogP contribution in [0.25, 0.3) is 0 Å². The molecule has 4 rings (SSSR count). The van der Waals surface area contributed by atoms with E-state index in [2.05, 4.69) is 20.6 Å². The SMILES string of the molecule is Fc1ccc(Nc2cc(C3CC3)nc(NC3CCCCC3)n2)c(F)c1. The van der Waals surface area contributed by atoms with Crippen LogP contribution in [0.2, 0.25) is 0 Å². The Labute approximate surface area is 146 Å². The summed E-state index contributed by atoms with van der Waals surface area (Å²) in [6, 6.07) is 5.76. The lowest BCUT2D eigenvalue weighted by Gasteiger charge is -2.23. The molecule has 0 atom stereocenters. The Kier molecular flexibility index (Phi) is 4.51. The molecule has 2 fully saturated rings. The van der Waals surface area contributed by atoms with E-state index < -0.39 is 11.6 Å². The molecule has 2 aromatic rings. The number of anilines is 3. The van der Waals surface area contributed by atoms with Gasteiger partial charge in [0, 0.05) is 24.1 Å². The van der Waals surface area contributed by atoms with Crippen LogP contribution >= 0.6 is 0 Å². The zero-order valence-electron chi connectivity index (χ0n) is 14.1. The summed E-state index contributed by atoms with van der Waals surface area (Å²) in [4.78, 5) is 9.15. The molecule has 132 valence electrons. The van der Waals surface area contributed by atoms with Gasteiger partial charge in [-0.15, -0.1) is 0 Å². The molecule has 0 amide bonds. The molecular formula is C19H22F2N4. The third kappa shape index (κ3) is 4.06. The predicted molar refractivity (Wildman–Crippen MR) is 94.1 cm³/mol. The molecule has 0 radical (unpaired) electrons. The van der Waals surface area contributed by atoms with Crippen molar-refractivity contribution in [3.63, 3.8) is 0 Å². The van der Waals surface area contributed by atoms with E-state index >= 15 is 0 Å². The molecule has 2 N–H and O–H groups in total.